The fraction of sp³-hybridized carbons (Fsp3) is 0.500. The molecule has 0 aliphatic rings. The Morgan fingerprint density at radius 1 is 1.33 bits per heavy atom. The molecule has 0 aliphatic carbocycles. The van der Waals surface area contributed by atoms with Crippen LogP contribution < -0.4 is 5.73 Å². The molecule has 2 N–H and O–H groups in total. The van der Waals surface area contributed by atoms with E-state index < -0.39 is 21.4 Å². The number of benzene rings is 1. The standard InChI is InChI=1S/C12H19FN2O2S/c1-4-12(2,9-14)15(3)18(16,17)11-7-5-10(13)6-8-11/h5-8H,4,9,14H2,1-3H3. The van der Waals surface area contributed by atoms with E-state index in [-0.39, 0.29) is 11.4 Å². The highest BCUT2D eigenvalue weighted by Gasteiger charge is 2.35. The van der Waals surface area contributed by atoms with Crippen molar-refractivity contribution in [2.75, 3.05) is 13.6 Å². The average molecular weight is 274 g/mol. The van der Waals surface area contributed by atoms with Crippen LogP contribution in [0, 0.1) is 5.82 Å². The Morgan fingerprint density at radius 3 is 2.22 bits per heavy atom. The first kappa shape index (κ1) is 15.1. The average Bonchev–Trinajstić information content (AvgIpc) is 2.37. The van der Waals surface area contributed by atoms with Crippen LogP contribution in [0.4, 0.5) is 4.39 Å². The topological polar surface area (TPSA) is 63.4 Å². The monoisotopic (exact) mass is 274 g/mol. The van der Waals surface area contributed by atoms with Crippen molar-refractivity contribution in [1.82, 2.24) is 4.31 Å². The molecule has 4 nitrogen and oxygen atoms in total. The van der Waals surface area contributed by atoms with Crippen LogP contribution in [0.15, 0.2) is 29.2 Å². The Morgan fingerprint density at radius 2 is 1.83 bits per heavy atom. The summed E-state index contributed by atoms with van der Waals surface area (Å²) in [5.41, 5.74) is 5.01. The minimum absolute atomic E-state index is 0.0690. The summed E-state index contributed by atoms with van der Waals surface area (Å²) in [6, 6.07) is 4.78. The molecule has 0 saturated heterocycles. The van der Waals surface area contributed by atoms with Gasteiger partial charge in [0.2, 0.25) is 10.0 Å². The number of nitrogens with zero attached hydrogens (tertiary/aromatic N) is 1. The number of sulfonamides is 1. The van der Waals surface area contributed by atoms with Crippen LogP contribution in [0.5, 0.6) is 0 Å². The van der Waals surface area contributed by atoms with Crippen molar-refractivity contribution >= 4 is 10.0 Å². The fourth-order valence-electron chi connectivity index (χ4n) is 1.55. The molecule has 0 amide bonds. The molecule has 1 aromatic rings. The molecule has 0 radical (unpaired) electrons. The molecule has 0 saturated carbocycles. The molecule has 0 fully saturated rings. The Bertz CT molecular complexity index is 495. The minimum atomic E-state index is -3.65. The summed E-state index contributed by atoms with van der Waals surface area (Å²) in [6.07, 6.45) is 0.598. The fourth-order valence-corrected chi connectivity index (χ4v) is 3.13. The lowest BCUT2D eigenvalue weighted by molar-refractivity contribution is 0.240. The van der Waals surface area contributed by atoms with E-state index in [9.17, 15) is 12.8 Å². The van der Waals surface area contributed by atoms with Crippen LogP contribution in [-0.2, 0) is 10.0 Å². The molecule has 18 heavy (non-hydrogen) atoms. The highest BCUT2D eigenvalue weighted by Crippen LogP contribution is 2.24. The van der Waals surface area contributed by atoms with E-state index in [2.05, 4.69) is 0 Å². The summed E-state index contributed by atoms with van der Waals surface area (Å²) < 4.78 is 38.8. The largest absolute Gasteiger partial charge is 0.329 e. The molecule has 1 rings (SSSR count). The maximum atomic E-state index is 12.8. The molecular weight excluding hydrogens is 255 g/mol. The number of hydrogen-bond donors (Lipinski definition) is 1. The van der Waals surface area contributed by atoms with Gasteiger partial charge in [-0.25, -0.2) is 12.8 Å². The highest BCUT2D eigenvalue weighted by atomic mass is 32.2. The van der Waals surface area contributed by atoms with Crippen molar-refractivity contribution in [3.8, 4) is 0 Å². The normalized spacial score (nSPS) is 15.7. The van der Waals surface area contributed by atoms with E-state index in [1.165, 1.54) is 23.5 Å². The van der Waals surface area contributed by atoms with E-state index in [0.717, 1.165) is 12.1 Å². The van der Waals surface area contributed by atoms with Crippen molar-refractivity contribution in [3.05, 3.63) is 30.1 Å². The lowest BCUT2D eigenvalue weighted by atomic mass is 10.00. The number of likely N-dealkylation sites (N-methyl/N-ethyl adjacent to an activating group) is 1. The molecule has 1 aromatic carbocycles. The van der Waals surface area contributed by atoms with Gasteiger partial charge in [0, 0.05) is 19.1 Å². The Kier molecular flexibility index (Phi) is 4.47. The first-order valence-corrected chi connectivity index (χ1v) is 7.16. The summed E-state index contributed by atoms with van der Waals surface area (Å²) >= 11 is 0. The summed E-state index contributed by atoms with van der Waals surface area (Å²) in [5.74, 6) is -0.464. The van der Waals surface area contributed by atoms with E-state index in [1.807, 2.05) is 6.92 Å². The van der Waals surface area contributed by atoms with E-state index >= 15 is 0 Å². The Hall–Kier alpha value is -0.980. The van der Waals surface area contributed by atoms with Gasteiger partial charge in [-0.05, 0) is 37.6 Å². The number of hydrogen-bond acceptors (Lipinski definition) is 3. The quantitative estimate of drug-likeness (QED) is 0.886. The maximum absolute atomic E-state index is 12.8. The molecule has 0 heterocycles. The zero-order valence-electron chi connectivity index (χ0n) is 10.9. The first-order chi connectivity index (χ1) is 8.28. The molecule has 0 aromatic heterocycles. The van der Waals surface area contributed by atoms with Gasteiger partial charge in [0.05, 0.1) is 4.90 Å². The van der Waals surface area contributed by atoms with Crippen molar-refractivity contribution < 1.29 is 12.8 Å². The third-order valence-corrected chi connectivity index (χ3v) is 5.46. The lowest BCUT2D eigenvalue weighted by Crippen LogP contribution is -2.51. The van der Waals surface area contributed by atoms with E-state index in [0.29, 0.717) is 6.42 Å². The SMILES string of the molecule is CCC(C)(CN)N(C)S(=O)(=O)c1ccc(F)cc1. The third kappa shape index (κ3) is 2.71. The molecule has 0 aliphatic heterocycles. The van der Waals surface area contributed by atoms with Crippen LogP contribution in [0.1, 0.15) is 20.3 Å². The van der Waals surface area contributed by atoms with Crippen LogP contribution in [0.2, 0.25) is 0 Å². The van der Waals surface area contributed by atoms with Crippen molar-refractivity contribution in [2.45, 2.75) is 30.7 Å². The summed E-state index contributed by atoms with van der Waals surface area (Å²) in [4.78, 5) is 0.0690. The van der Waals surface area contributed by atoms with Crippen LogP contribution in [0.3, 0.4) is 0 Å². The third-order valence-electron chi connectivity index (χ3n) is 3.43. The van der Waals surface area contributed by atoms with Crippen molar-refractivity contribution in [2.24, 2.45) is 5.73 Å². The van der Waals surface area contributed by atoms with Gasteiger partial charge in [0.25, 0.3) is 0 Å². The molecule has 6 heteroatoms. The van der Waals surface area contributed by atoms with Gasteiger partial charge in [-0.3, -0.25) is 0 Å². The van der Waals surface area contributed by atoms with Gasteiger partial charge < -0.3 is 5.73 Å². The molecule has 0 spiro atoms. The number of halogens is 1. The highest BCUT2D eigenvalue weighted by molar-refractivity contribution is 7.89. The van der Waals surface area contributed by atoms with Gasteiger partial charge in [-0.1, -0.05) is 6.92 Å². The maximum Gasteiger partial charge on any atom is 0.243 e. The van der Waals surface area contributed by atoms with Crippen LogP contribution in [0.25, 0.3) is 0 Å². The summed E-state index contributed by atoms with van der Waals surface area (Å²) in [5, 5.41) is 0. The Balaban J connectivity index is 3.18. The van der Waals surface area contributed by atoms with Crippen LogP contribution in [-0.4, -0.2) is 31.9 Å². The molecule has 102 valence electrons. The zero-order chi connectivity index (χ0) is 14.0. The van der Waals surface area contributed by atoms with Gasteiger partial charge in [0.1, 0.15) is 5.82 Å². The Labute approximate surface area is 108 Å². The van der Waals surface area contributed by atoms with Gasteiger partial charge in [0.15, 0.2) is 0 Å². The number of nitrogens with two attached hydrogens (primary N) is 1. The predicted octanol–water partition coefficient (Wildman–Crippen LogP) is 1.57. The minimum Gasteiger partial charge on any atom is -0.329 e. The van der Waals surface area contributed by atoms with Gasteiger partial charge >= 0.3 is 0 Å². The smallest absolute Gasteiger partial charge is 0.243 e. The summed E-state index contributed by atoms with van der Waals surface area (Å²) in [7, 11) is -2.16. The second-order valence-electron chi connectivity index (χ2n) is 4.48. The van der Waals surface area contributed by atoms with Crippen molar-refractivity contribution in [3.63, 3.8) is 0 Å². The lowest BCUT2D eigenvalue weighted by Gasteiger charge is -2.36. The van der Waals surface area contributed by atoms with Crippen LogP contribution >= 0.6 is 0 Å². The van der Waals surface area contributed by atoms with E-state index in [4.69, 9.17) is 5.73 Å². The van der Waals surface area contributed by atoms with Gasteiger partial charge in [-0.15, -0.1) is 0 Å². The first-order valence-electron chi connectivity index (χ1n) is 5.72. The number of rotatable bonds is 5. The second-order valence-corrected chi connectivity index (χ2v) is 6.45. The zero-order valence-corrected chi connectivity index (χ0v) is 11.7. The summed E-state index contributed by atoms with van der Waals surface area (Å²) in [6.45, 7) is 3.89. The molecule has 0 bridgehead atoms. The molecule has 1 unspecified atom stereocenters. The predicted molar refractivity (Wildman–Crippen MR) is 69.1 cm³/mol. The van der Waals surface area contributed by atoms with E-state index in [1.54, 1.807) is 6.92 Å². The van der Waals surface area contributed by atoms with Gasteiger partial charge in [-0.2, -0.15) is 4.31 Å². The molecule has 1 atom stereocenters. The second kappa shape index (κ2) is 5.34. The molecular formula is C12H19FN2O2S. The van der Waals surface area contributed by atoms with Crippen molar-refractivity contribution in [1.29, 1.82) is 0 Å².